The summed E-state index contributed by atoms with van der Waals surface area (Å²) in [6.07, 6.45) is -1.07. The molecule has 3 aromatic carbocycles. The number of carbonyl (C=O) groups excluding carboxylic acids is 1. The zero-order valence-electron chi connectivity index (χ0n) is 17.6. The van der Waals surface area contributed by atoms with Crippen LogP contribution >= 0.6 is 0 Å². The number of anilines is 1. The molecule has 0 radical (unpaired) electrons. The van der Waals surface area contributed by atoms with Gasteiger partial charge in [0, 0.05) is 17.3 Å². The van der Waals surface area contributed by atoms with Crippen molar-refractivity contribution in [2.75, 3.05) is 18.5 Å². The Labute approximate surface area is 190 Å². The molecule has 1 amide bonds. The van der Waals surface area contributed by atoms with E-state index < -0.39 is 18.6 Å². The number of rotatable bonds is 9. The molecule has 1 atom stereocenters. The number of carbonyl (C=O) groups is 1. The van der Waals surface area contributed by atoms with E-state index in [2.05, 4.69) is 11.4 Å². The topological polar surface area (TPSA) is 136 Å². The van der Waals surface area contributed by atoms with Gasteiger partial charge >= 0.3 is 0 Å². The SMILES string of the molecule is N#Cc1ccc(COc2cc(OCC(O)CO)cc(C(=O)Nc3ccc(C#N)cc3)c2)cc1. The third-order valence-corrected chi connectivity index (χ3v) is 4.56. The molecule has 0 saturated carbocycles. The van der Waals surface area contributed by atoms with Crippen molar-refractivity contribution in [3.05, 3.63) is 89.0 Å². The molecule has 3 rings (SSSR count). The summed E-state index contributed by atoms with van der Waals surface area (Å²) in [5, 5.41) is 39.1. The maximum atomic E-state index is 12.8. The Hall–Kier alpha value is -4.37. The van der Waals surface area contributed by atoms with E-state index in [9.17, 15) is 9.90 Å². The summed E-state index contributed by atoms with van der Waals surface area (Å²) < 4.78 is 11.3. The molecule has 8 nitrogen and oxygen atoms in total. The average molecular weight is 443 g/mol. The van der Waals surface area contributed by atoms with Crippen LogP contribution in [0, 0.1) is 22.7 Å². The Kier molecular flexibility index (Phi) is 7.98. The normalized spacial score (nSPS) is 11.0. The molecule has 166 valence electrons. The van der Waals surface area contributed by atoms with Crippen LogP contribution in [0.1, 0.15) is 27.0 Å². The molecule has 0 aliphatic rings. The molecule has 0 fully saturated rings. The van der Waals surface area contributed by atoms with E-state index in [1.165, 1.54) is 6.07 Å². The highest BCUT2D eigenvalue weighted by molar-refractivity contribution is 6.04. The highest BCUT2D eigenvalue weighted by atomic mass is 16.5. The molecule has 0 bridgehead atoms. The first-order valence-corrected chi connectivity index (χ1v) is 10.0. The maximum absolute atomic E-state index is 12.8. The first kappa shape index (κ1) is 23.3. The smallest absolute Gasteiger partial charge is 0.255 e. The molecule has 0 spiro atoms. The van der Waals surface area contributed by atoms with E-state index in [1.807, 2.05) is 6.07 Å². The number of nitrogens with one attached hydrogen (secondary N) is 1. The Morgan fingerprint density at radius 1 is 0.909 bits per heavy atom. The summed E-state index contributed by atoms with van der Waals surface area (Å²) in [6, 6.07) is 22.0. The van der Waals surface area contributed by atoms with E-state index in [0.717, 1.165) is 5.56 Å². The summed E-state index contributed by atoms with van der Waals surface area (Å²) in [4.78, 5) is 12.8. The van der Waals surface area contributed by atoms with Crippen molar-refractivity contribution in [2.24, 2.45) is 0 Å². The first-order valence-electron chi connectivity index (χ1n) is 10.0. The zero-order chi connectivity index (χ0) is 23.6. The lowest BCUT2D eigenvalue weighted by atomic mass is 10.1. The zero-order valence-corrected chi connectivity index (χ0v) is 17.6. The van der Waals surface area contributed by atoms with E-state index in [-0.39, 0.29) is 24.5 Å². The summed E-state index contributed by atoms with van der Waals surface area (Å²) in [5.41, 5.74) is 2.62. The van der Waals surface area contributed by atoms with Gasteiger partial charge in [-0.1, -0.05) is 12.1 Å². The molecule has 3 N–H and O–H groups in total. The number of ether oxygens (including phenoxy) is 2. The lowest BCUT2D eigenvalue weighted by Crippen LogP contribution is -2.21. The minimum absolute atomic E-state index is 0.160. The van der Waals surface area contributed by atoms with E-state index >= 15 is 0 Å². The molecule has 0 aliphatic heterocycles. The number of hydrogen-bond donors (Lipinski definition) is 3. The molecule has 1 unspecified atom stereocenters. The Balaban J connectivity index is 1.78. The van der Waals surface area contributed by atoms with Crippen LogP contribution in [0.25, 0.3) is 0 Å². The predicted octanol–water partition coefficient (Wildman–Crippen LogP) is 2.99. The molecule has 8 heteroatoms. The van der Waals surface area contributed by atoms with E-state index in [0.29, 0.717) is 22.6 Å². The summed E-state index contributed by atoms with van der Waals surface area (Å²) >= 11 is 0. The second-order valence-corrected chi connectivity index (χ2v) is 7.08. The van der Waals surface area contributed by atoms with Gasteiger partial charge in [0.2, 0.25) is 0 Å². The summed E-state index contributed by atoms with van der Waals surface area (Å²) in [7, 11) is 0. The fourth-order valence-corrected chi connectivity index (χ4v) is 2.79. The Bertz CT molecular complexity index is 1180. The third-order valence-electron chi connectivity index (χ3n) is 4.56. The average Bonchev–Trinajstić information content (AvgIpc) is 2.86. The van der Waals surface area contributed by atoms with Gasteiger partial charge < -0.3 is 25.0 Å². The molecule has 0 saturated heterocycles. The van der Waals surface area contributed by atoms with Crippen LogP contribution in [-0.4, -0.2) is 35.4 Å². The Morgan fingerprint density at radius 3 is 2.06 bits per heavy atom. The molecule has 0 heterocycles. The number of hydrogen-bond acceptors (Lipinski definition) is 7. The molecule has 33 heavy (non-hydrogen) atoms. The van der Waals surface area contributed by atoms with Crippen molar-refractivity contribution in [3.8, 4) is 23.6 Å². The second-order valence-electron chi connectivity index (χ2n) is 7.08. The van der Waals surface area contributed by atoms with Gasteiger partial charge in [0.05, 0.1) is 29.9 Å². The molecular formula is C25H21N3O5. The van der Waals surface area contributed by atoms with Gasteiger partial charge in [0.25, 0.3) is 5.91 Å². The monoisotopic (exact) mass is 443 g/mol. The van der Waals surface area contributed by atoms with E-state index in [4.69, 9.17) is 25.1 Å². The fraction of sp³-hybridized carbons (Fsp3) is 0.160. The number of amides is 1. The Morgan fingerprint density at radius 2 is 1.48 bits per heavy atom. The standard InChI is InChI=1S/C25H21N3O5/c26-12-17-1-3-19(4-2-17)15-32-23-9-20(10-24(11-23)33-16-22(30)14-29)25(31)28-21-7-5-18(13-27)6-8-21/h1-11,22,29-30H,14-16H2,(H,28,31). The van der Waals surface area contributed by atoms with Crippen LogP contribution in [0.3, 0.4) is 0 Å². The van der Waals surface area contributed by atoms with Crippen LogP contribution in [0.15, 0.2) is 66.7 Å². The van der Waals surface area contributed by atoms with Gasteiger partial charge in [-0.3, -0.25) is 4.79 Å². The quantitative estimate of drug-likeness (QED) is 0.462. The number of benzene rings is 3. The molecular weight excluding hydrogens is 422 g/mol. The van der Waals surface area contributed by atoms with Crippen LogP contribution < -0.4 is 14.8 Å². The van der Waals surface area contributed by atoms with Crippen LogP contribution in [0.2, 0.25) is 0 Å². The van der Waals surface area contributed by atoms with Gasteiger partial charge in [-0.25, -0.2) is 0 Å². The highest BCUT2D eigenvalue weighted by Gasteiger charge is 2.13. The highest BCUT2D eigenvalue weighted by Crippen LogP contribution is 2.25. The third kappa shape index (κ3) is 6.81. The van der Waals surface area contributed by atoms with E-state index in [1.54, 1.807) is 60.7 Å². The number of nitrogens with zero attached hydrogens (tertiary/aromatic N) is 2. The lowest BCUT2D eigenvalue weighted by Gasteiger charge is -2.14. The van der Waals surface area contributed by atoms with Crippen molar-refractivity contribution in [1.29, 1.82) is 10.5 Å². The van der Waals surface area contributed by atoms with Gasteiger partial charge in [-0.2, -0.15) is 10.5 Å². The van der Waals surface area contributed by atoms with Crippen molar-refractivity contribution in [2.45, 2.75) is 12.7 Å². The van der Waals surface area contributed by atoms with Crippen molar-refractivity contribution in [3.63, 3.8) is 0 Å². The predicted molar refractivity (Wildman–Crippen MR) is 120 cm³/mol. The minimum atomic E-state index is -1.07. The van der Waals surface area contributed by atoms with Crippen molar-refractivity contribution < 1.29 is 24.5 Å². The largest absolute Gasteiger partial charge is 0.491 e. The molecule has 3 aromatic rings. The number of aliphatic hydroxyl groups is 2. The van der Waals surface area contributed by atoms with Crippen LogP contribution in [-0.2, 0) is 6.61 Å². The van der Waals surface area contributed by atoms with Crippen LogP contribution in [0.4, 0.5) is 5.69 Å². The van der Waals surface area contributed by atoms with Crippen molar-refractivity contribution >= 4 is 11.6 Å². The number of aliphatic hydroxyl groups excluding tert-OH is 2. The lowest BCUT2D eigenvalue weighted by molar-refractivity contribution is 0.0535. The van der Waals surface area contributed by atoms with Gasteiger partial charge in [-0.15, -0.1) is 0 Å². The molecule has 0 aliphatic carbocycles. The first-order chi connectivity index (χ1) is 16.0. The second kappa shape index (κ2) is 11.3. The van der Waals surface area contributed by atoms with Gasteiger partial charge in [0.15, 0.2) is 0 Å². The summed E-state index contributed by atoms with van der Waals surface area (Å²) in [6.45, 7) is -0.418. The fourth-order valence-electron chi connectivity index (χ4n) is 2.79. The number of nitriles is 2. The van der Waals surface area contributed by atoms with Gasteiger partial charge in [-0.05, 0) is 54.1 Å². The summed E-state index contributed by atoms with van der Waals surface area (Å²) in [5.74, 6) is 0.223. The minimum Gasteiger partial charge on any atom is -0.491 e. The maximum Gasteiger partial charge on any atom is 0.255 e. The molecule has 0 aromatic heterocycles. The van der Waals surface area contributed by atoms with Crippen LogP contribution in [0.5, 0.6) is 11.5 Å². The van der Waals surface area contributed by atoms with Crippen molar-refractivity contribution in [1.82, 2.24) is 0 Å². The van der Waals surface area contributed by atoms with Gasteiger partial charge in [0.1, 0.15) is 30.8 Å².